The summed E-state index contributed by atoms with van der Waals surface area (Å²) in [5, 5.41) is 14.5. The molecule has 0 bridgehead atoms. The molecule has 1 aromatic rings. The van der Waals surface area contributed by atoms with E-state index in [9.17, 15) is 5.11 Å². The molecule has 0 heterocycles. The molecule has 0 radical (unpaired) electrons. The van der Waals surface area contributed by atoms with Crippen LogP contribution in [0.5, 0.6) is 0 Å². The van der Waals surface area contributed by atoms with Gasteiger partial charge in [-0.25, -0.2) is 0 Å². The lowest BCUT2D eigenvalue weighted by Gasteiger charge is -2.30. The number of anilines is 1. The number of likely N-dealkylation sites (N-methyl/N-ethyl adjacent to an activating group) is 1. The number of aliphatic hydroxyl groups is 1. The van der Waals surface area contributed by atoms with Gasteiger partial charge in [0.15, 0.2) is 0 Å². The average Bonchev–Trinajstić information content (AvgIpc) is 2.82. The molecule has 1 fully saturated rings. The zero-order valence-corrected chi connectivity index (χ0v) is 13.2. The summed E-state index contributed by atoms with van der Waals surface area (Å²) in [4.78, 5) is 2.07. The van der Waals surface area contributed by atoms with Gasteiger partial charge >= 0.3 is 0 Å². The molecule has 0 aliphatic heterocycles. The largest absolute Gasteiger partial charge is 0.388 e. The molecule has 0 atom stereocenters. The second-order valence-electron chi connectivity index (χ2n) is 5.85. The van der Waals surface area contributed by atoms with Gasteiger partial charge in [-0.1, -0.05) is 37.4 Å². The van der Waals surface area contributed by atoms with Gasteiger partial charge in [0, 0.05) is 20.1 Å². The summed E-state index contributed by atoms with van der Waals surface area (Å²) in [5.41, 5.74) is 1.64. The van der Waals surface area contributed by atoms with E-state index >= 15 is 0 Å². The lowest BCUT2D eigenvalue weighted by molar-refractivity contribution is 0.0559. The van der Waals surface area contributed by atoms with E-state index in [0.29, 0.717) is 6.54 Å². The fourth-order valence-electron chi connectivity index (χ4n) is 2.96. The molecule has 1 saturated carbocycles. The van der Waals surface area contributed by atoms with Crippen molar-refractivity contribution in [2.45, 2.75) is 44.8 Å². The molecule has 4 heteroatoms. The summed E-state index contributed by atoms with van der Waals surface area (Å²) in [7, 11) is 2.00. The number of hydrogen-bond acceptors (Lipinski definition) is 3. The van der Waals surface area contributed by atoms with Crippen molar-refractivity contribution in [1.29, 1.82) is 0 Å². The van der Waals surface area contributed by atoms with Gasteiger partial charge in [0.2, 0.25) is 0 Å². The van der Waals surface area contributed by atoms with Gasteiger partial charge in [-0.2, -0.15) is 0 Å². The van der Waals surface area contributed by atoms with E-state index in [2.05, 4.69) is 23.2 Å². The molecule has 0 spiro atoms. The van der Waals surface area contributed by atoms with Crippen LogP contribution in [0.15, 0.2) is 18.2 Å². The van der Waals surface area contributed by atoms with Crippen molar-refractivity contribution < 1.29 is 5.11 Å². The molecule has 1 aliphatic rings. The van der Waals surface area contributed by atoms with Crippen molar-refractivity contribution in [3.63, 3.8) is 0 Å². The minimum atomic E-state index is -0.541. The monoisotopic (exact) mass is 296 g/mol. The quantitative estimate of drug-likeness (QED) is 0.846. The van der Waals surface area contributed by atoms with Crippen LogP contribution >= 0.6 is 11.6 Å². The van der Waals surface area contributed by atoms with Crippen LogP contribution in [0.4, 0.5) is 5.69 Å². The van der Waals surface area contributed by atoms with Gasteiger partial charge in [0.05, 0.1) is 16.3 Å². The van der Waals surface area contributed by atoms with Crippen LogP contribution in [0.3, 0.4) is 0 Å². The van der Waals surface area contributed by atoms with Crippen LogP contribution in [0.1, 0.15) is 38.2 Å². The number of hydrogen-bond donors (Lipinski definition) is 2. The molecule has 1 aromatic carbocycles. The molecule has 0 unspecified atom stereocenters. The highest BCUT2D eigenvalue weighted by atomic mass is 35.5. The van der Waals surface area contributed by atoms with Crippen LogP contribution in [0.25, 0.3) is 0 Å². The SMILES string of the molecule is CCNCc1ccc(N(C)CC2(O)CCCC2)c(Cl)c1. The summed E-state index contributed by atoms with van der Waals surface area (Å²) >= 11 is 6.38. The normalized spacial score (nSPS) is 17.4. The second kappa shape index (κ2) is 6.79. The van der Waals surface area contributed by atoms with E-state index in [1.807, 2.05) is 19.2 Å². The van der Waals surface area contributed by atoms with Crippen molar-refractivity contribution >= 4 is 17.3 Å². The molecule has 112 valence electrons. The van der Waals surface area contributed by atoms with Crippen LogP contribution in [0, 0.1) is 0 Å². The molecular weight excluding hydrogens is 272 g/mol. The highest BCUT2D eigenvalue weighted by Crippen LogP contribution is 2.33. The van der Waals surface area contributed by atoms with Crippen molar-refractivity contribution in [2.24, 2.45) is 0 Å². The minimum Gasteiger partial charge on any atom is -0.388 e. The van der Waals surface area contributed by atoms with Crippen LogP contribution in [-0.4, -0.2) is 30.8 Å². The lowest BCUT2D eigenvalue weighted by Crippen LogP contribution is -2.39. The Kier molecular flexibility index (Phi) is 5.30. The first kappa shape index (κ1) is 15.6. The minimum absolute atomic E-state index is 0.541. The van der Waals surface area contributed by atoms with Gasteiger partial charge in [-0.15, -0.1) is 0 Å². The first-order valence-electron chi connectivity index (χ1n) is 7.47. The number of benzene rings is 1. The van der Waals surface area contributed by atoms with Gasteiger partial charge in [-0.3, -0.25) is 0 Å². The van der Waals surface area contributed by atoms with E-state index in [1.54, 1.807) is 0 Å². The van der Waals surface area contributed by atoms with Crippen molar-refractivity contribution in [3.8, 4) is 0 Å². The molecule has 0 amide bonds. The van der Waals surface area contributed by atoms with Gasteiger partial charge in [-0.05, 0) is 37.1 Å². The summed E-state index contributed by atoms with van der Waals surface area (Å²) in [6, 6.07) is 6.15. The Bertz CT molecular complexity index is 444. The third-order valence-corrected chi connectivity index (χ3v) is 4.37. The highest BCUT2D eigenvalue weighted by Gasteiger charge is 2.32. The first-order valence-corrected chi connectivity index (χ1v) is 7.84. The van der Waals surface area contributed by atoms with Gasteiger partial charge < -0.3 is 15.3 Å². The van der Waals surface area contributed by atoms with E-state index in [0.717, 1.165) is 49.5 Å². The average molecular weight is 297 g/mol. The molecule has 0 aromatic heterocycles. The Balaban J connectivity index is 2.04. The number of halogens is 1. The van der Waals surface area contributed by atoms with E-state index in [-0.39, 0.29) is 0 Å². The Morgan fingerprint density at radius 3 is 2.65 bits per heavy atom. The second-order valence-corrected chi connectivity index (χ2v) is 6.26. The maximum Gasteiger partial charge on any atom is 0.0821 e. The van der Waals surface area contributed by atoms with Crippen LogP contribution < -0.4 is 10.2 Å². The smallest absolute Gasteiger partial charge is 0.0821 e. The maximum absolute atomic E-state index is 10.5. The molecular formula is C16H25ClN2O. The van der Waals surface area contributed by atoms with E-state index in [4.69, 9.17) is 11.6 Å². The Hall–Kier alpha value is -0.770. The van der Waals surface area contributed by atoms with Crippen molar-refractivity contribution in [3.05, 3.63) is 28.8 Å². The van der Waals surface area contributed by atoms with Crippen molar-refractivity contribution in [2.75, 3.05) is 25.0 Å². The Morgan fingerprint density at radius 2 is 2.05 bits per heavy atom. The number of nitrogens with one attached hydrogen (secondary N) is 1. The van der Waals surface area contributed by atoms with Crippen molar-refractivity contribution in [1.82, 2.24) is 5.32 Å². The predicted molar refractivity (Wildman–Crippen MR) is 85.5 cm³/mol. The Morgan fingerprint density at radius 1 is 1.35 bits per heavy atom. The van der Waals surface area contributed by atoms with Gasteiger partial charge in [0.1, 0.15) is 0 Å². The first-order chi connectivity index (χ1) is 9.54. The molecule has 20 heavy (non-hydrogen) atoms. The summed E-state index contributed by atoms with van der Waals surface area (Å²) in [6.07, 6.45) is 4.04. The third kappa shape index (κ3) is 3.87. The molecule has 1 aliphatic carbocycles. The van der Waals surface area contributed by atoms with Crippen LogP contribution in [-0.2, 0) is 6.54 Å². The van der Waals surface area contributed by atoms with E-state index < -0.39 is 5.60 Å². The molecule has 2 N–H and O–H groups in total. The van der Waals surface area contributed by atoms with E-state index in [1.165, 1.54) is 5.56 Å². The topological polar surface area (TPSA) is 35.5 Å². The number of nitrogens with zero attached hydrogens (tertiary/aromatic N) is 1. The van der Waals surface area contributed by atoms with Gasteiger partial charge in [0.25, 0.3) is 0 Å². The molecule has 2 rings (SSSR count). The Labute approximate surface area is 126 Å². The van der Waals surface area contributed by atoms with Crippen LogP contribution in [0.2, 0.25) is 5.02 Å². The maximum atomic E-state index is 10.5. The highest BCUT2D eigenvalue weighted by molar-refractivity contribution is 6.33. The standard InChI is InChI=1S/C16H25ClN2O/c1-3-18-11-13-6-7-15(14(17)10-13)19(2)12-16(20)8-4-5-9-16/h6-7,10,18,20H,3-5,8-9,11-12H2,1-2H3. The zero-order chi connectivity index (χ0) is 14.6. The third-order valence-electron chi connectivity index (χ3n) is 4.07. The number of rotatable bonds is 6. The fourth-order valence-corrected chi connectivity index (χ4v) is 3.30. The summed E-state index contributed by atoms with van der Waals surface area (Å²) < 4.78 is 0. The zero-order valence-electron chi connectivity index (χ0n) is 12.5. The predicted octanol–water partition coefficient (Wildman–Crippen LogP) is 3.19. The molecule has 0 saturated heterocycles. The molecule has 3 nitrogen and oxygen atoms in total. The lowest BCUT2D eigenvalue weighted by atomic mass is 10.0. The fraction of sp³-hybridized carbons (Fsp3) is 0.625. The summed E-state index contributed by atoms with van der Waals surface area (Å²) in [6.45, 7) is 4.53. The summed E-state index contributed by atoms with van der Waals surface area (Å²) in [5.74, 6) is 0.